The van der Waals surface area contributed by atoms with Gasteiger partial charge in [-0.1, -0.05) is 5.92 Å². The molecule has 0 spiro atoms. The summed E-state index contributed by atoms with van der Waals surface area (Å²) >= 11 is 3.08. The van der Waals surface area contributed by atoms with E-state index in [9.17, 15) is 4.79 Å². The maximum Gasteiger partial charge on any atom is 0.355 e. The number of hydrogen-bond acceptors (Lipinski definition) is 4. The summed E-state index contributed by atoms with van der Waals surface area (Å²) in [5.41, 5.74) is -0.0690. The zero-order valence-corrected chi connectivity index (χ0v) is 10.2. The molecule has 0 aliphatic carbocycles. The van der Waals surface area contributed by atoms with Gasteiger partial charge in [0.2, 0.25) is 5.95 Å². The lowest BCUT2D eigenvalue weighted by atomic mass is 10.4. The van der Waals surface area contributed by atoms with Gasteiger partial charge in [0.15, 0.2) is 5.69 Å². The summed E-state index contributed by atoms with van der Waals surface area (Å²) in [5, 5.41) is 8.90. The Balaban J connectivity index is 3.11. The van der Waals surface area contributed by atoms with Crippen molar-refractivity contribution in [2.75, 3.05) is 18.0 Å². The van der Waals surface area contributed by atoms with Gasteiger partial charge in [0, 0.05) is 12.7 Å². The van der Waals surface area contributed by atoms with Crippen LogP contribution in [0.3, 0.4) is 0 Å². The zero-order chi connectivity index (χ0) is 12.1. The molecule has 1 aromatic heterocycles. The van der Waals surface area contributed by atoms with Gasteiger partial charge in [-0.05, 0) is 22.9 Å². The third-order valence-electron chi connectivity index (χ3n) is 1.88. The fourth-order valence-corrected chi connectivity index (χ4v) is 1.45. The molecule has 1 heterocycles. The molecule has 0 bridgehead atoms. The van der Waals surface area contributed by atoms with Gasteiger partial charge in [0.1, 0.15) is 0 Å². The van der Waals surface area contributed by atoms with Crippen LogP contribution in [0.25, 0.3) is 0 Å². The van der Waals surface area contributed by atoms with Crippen LogP contribution in [0.15, 0.2) is 10.7 Å². The average molecular weight is 284 g/mol. The molecule has 0 saturated carbocycles. The van der Waals surface area contributed by atoms with Crippen molar-refractivity contribution in [2.45, 2.75) is 6.92 Å². The topological polar surface area (TPSA) is 66.3 Å². The number of aromatic carboxylic acids is 1. The highest BCUT2D eigenvalue weighted by Crippen LogP contribution is 2.16. The number of carboxylic acids is 1. The monoisotopic (exact) mass is 283 g/mol. The normalized spacial score (nSPS) is 9.56. The molecule has 0 unspecified atom stereocenters. The number of hydrogen-bond donors (Lipinski definition) is 1. The molecule has 0 amide bonds. The predicted molar refractivity (Wildman–Crippen MR) is 63.4 cm³/mol. The Morgan fingerprint density at radius 3 is 2.94 bits per heavy atom. The Morgan fingerprint density at radius 2 is 2.44 bits per heavy atom. The molecule has 0 atom stereocenters. The van der Waals surface area contributed by atoms with E-state index in [1.54, 1.807) is 4.90 Å². The number of anilines is 1. The molecule has 1 rings (SSSR count). The van der Waals surface area contributed by atoms with Crippen molar-refractivity contribution < 1.29 is 9.90 Å². The van der Waals surface area contributed by atoms with Crippen LogP contribution >= 0.6 is 15.9 Å². The Kier molecular flexibility index (Phi) is 4.26. The lowest BCUT2D eigenvalue weighted by Crippen LogP contribution is -2.25. The molecular weight excluding hydrogens is 274 g/mol. The first-order valence-corrected chi connectivity index (χ1v) is 5.33. The fraction of sp³-hybridized carbons (Fsp3) is 0.300. The minimum atomic E-state index is -1.10. The summed E-state index contributed by atoms with van der Waals surface area (Å²) in [6.07, 6.45) is 6.60. The van der Waals surface area contributed by atoms with E-state index in [1.807, 2.05) is 6.92 Å². The third kappa shape index (κ3) is 2.70. The van der Waals surface area contributed by atoms with Crippen LogP contribution in [0.1, 0.15) is 17.4 Å². The van der Waals surface area contributed by atoms with Crippen LogP contribution in [-0.2, 0) is 0 Å². The lowest BCUT2D eigenvalue weighted by molar-refractivity contribution is 0.0689. The van der Waals surface area contributed by atoms with Crippen LogP contribution in [0, 0.1) is 12.3 Å². The van der Waals surface area contributed by atoms with E-state index >= 15 is 0 Å². The first kappa shape index (κ1) is 12.5. The third-order valence-corrected chi connectivity index (χ3v) is 2.46. The van der Waals surface area contributed by atoms with Crippen LogP contribution in [-0.4, -0.2) is 34.1 Å². The molecule has 1 aromatic rings. The van der Waals surface area contributed by atoms with E-state index in [0.717, 1.165) is 0 Å². The Hall–Kier alpha value is -1.61. The van der Waals surface area contributed by atoms with Gasteiger partial charge in [0.25, 0.3) is 0 Å². The van der Waals surface area contributed by atoms with Crippen LogP contribution in [0.4, 0.5) is 5.95 Å². The van der Waals surface area contributed by atoms with Gasteiger partial charge in [0.05, 0.1) is 11.0 Å². The number of halogens is 1. The van der Waals surface area contributed by atoms with E-state index in [0.29, 0.717) is 23.5 Å². The highest BCUT2D eigenvalue weighted by Gasteiger charge is 2.14. The summed E-state index contributed by atoms with van der Waals surface area (Å²) in [6.45, 7) is 2.85. The van der Waals surface area contributed by atoms with Gasteiger partial charge >= 0.3 is 5.97 Å². The van der Waals surface area contributed by atoms with Gasteiger partial charge in [-0.2, -0.15) is 0 Å². The maximum absolute atomic E-state index is 10.9. The maximum atomic E-state index is 10.9. The SMILES string of the molecule is C#CCN(CC)c1ncc(Br)c(C(=O)O)n1. The number of aromatic nitrogens is 2. The van der Waals surface area contributed by atoms with Crippen molar-refractivity contribution in [1.29, 1.82) is 0 Å². The van der Waals surface area contributed by atoms with Crippen molar-refractivity contribution in [1.82, 2.24) is 9.97 Å². The smallest absolute Gasteiger partial charge is 0.355 e. The molecule has 0 saturated heterocycles. The Labute approximate surface area is 102 Å². The molecule has 5 nitrogen and oxygen atoms in total. The molecule has 0 aliphatic rings. The van der Waals surface area contributed by atoms with Crippen molar-refractivity contribution in [3.05, 3.63) is 16.4 Å². The van der Waals surface area contributed by atoms with Crippen LogP contribution in [0.2, 0.25) is 0 Å². The molecule has 0 aliphatic heterocycles. The molecule has 0 fully saturated rings. The first-order chi connectivity index (χ1) is 7.60. The van der Waals surface area contributed by atoms with Gasteiger partial charge < -0.3 is 10.0 Å². The summed E-state index contributed by atoms with van der Waals surface area (Å²) in [5.74, 6) is 1.68. The standard InChI is InChI=1S/C10H10BrN3O2/c1-3-5-14(4-2)10-12-6-7(11)8(13-10)9(15)16/h1,6H,4-5H2,2H3,(H,15,16). The van der Waals surface area contributed by atoms with E-state index in [4.69, 9.17) is 11.5 Å². The van der Waals surface area contributed by atoms with Crippen molar-refractivity contribution in [2.24, 2.45) is 0 Å². The molecule has 16 heavy (non-hydrogen) atoms. The highest BCUT2D eigenvalue weighted by atomic mass is 79.9. The molecule has 6 heteroatoms. The number of rotatable bonds is 4. The fourth-order valence-electron chi connectivity index (χ4n) is 1.09. The molecule has 84 valence electrons. The predicted octanol–water partition coefficient (Wildman–Crippen LogP) is 1.40. The van der Waals surface area contributed by atoms with Crippen LogP contribution in [0.5, 0.6) is 0 Å². The number of nitrogens with zero attached hydrogens (tertiary/aromatic N) is 3. The van der Waals surface area contributed by atoms with Gasteiger partial charge in [-0.15, -0.1) is 6.42 Å². The minimum Gasteiger partial charge on any atom is -0.476 e. The second kappa shape index (κ2) is 5.47. The molecule has 1 N–H and O–H groups in total. The largest absolute Gasteiger partial charge is 0.476 e. The highest BCUT2D eigenvalue weighted by molar-refractivity contribution is 9.10. The molecular formula is C10H10BrN3O2. The number of carboxylic acid groups (broad SMARTS) is 1. The Morgan fingerprint density at radius 1 is 1.75 bits per heavy atom. The van der Waals surface area contributed by atoms with E-state index in [1.165, 1.54) is 6.20 Å². The number of terminal acetylenes is 1. The quantitative estimate of drug-likeness (QED) is 0.846. The van der Waals surface area contributed by atoms with Crippen molar-refractivity contribution in [3.8, 4) is 12.3 Å². The van der Waals surface area contributed by atoms with Gasteiger partial charge in [-0.25, -0.2) is 14.8 Å². The minimum absolute atomic E-state index is 0.0690. The first-order valence-electron chi connectivity index (χ1n) is 4.54. The van der Waals surface area contributed by atoms with E-state index < -0.39 is 5.97 Å². The summed E-state index contributed by atoms with van der Waals surface area (Å²) < 4.78 is 0.348. The van der Waals surface area contributed by atoms with Crippen LogP contribution < -0.4 is 4.90 Å². The second-order valence-corrected chi connectivity index (χ2v) is 3.74. The second-order valence-electron chi connectivity index (χ2n) is 2.89. The summed E-state index contributed by atoms with van der Waals surface area (Å²) in [4.78, 5) is 20.5. The Bertz CT molecular complexity index is 442. The average Bonchev–Trinajstić information content (AvgIpc) is 2.26. The van der Waals surface area contributed by atoms with Crippen molar-refractivity contribution >= 4 is 27.8 Å². The van der Waals surface area contributed by atoms with Crippen molar-refractivity contribution in [3.63, 3.8) is 0 Å². The molecule has 0 radical (unpaired) electrons. The zero-order valence-electron chi connectivity index (χ0n) is 8.64. The van der Waals surface area contributed by atoms with E-state index in [-0.39, 0.29) is 5.69 Å². The van der Waals surface area contributed by atoms with E-state index in [2.05, 4.69) is 31.8 Å². The van der Waals surface area contributed by atoms with Gasteiger partial charge in [-0.3, -0.25) is 0 Å². The lowest BCUT2D eigenvalue weighted by Gasteiger charge is -2.17. The number of carbonyl (C=O) groups is 1. The summed E-state index contributed by atoms with van der Waals surface area (Å²) in [6, 6.07) is 0. The molecule has 0 aromatic carbocycles. The summed E-state index contributed by atoms with van der Waals surface area (Å²) in [7, 11) is 0.